The van der Waals surface area contributed by atoms with Gasteiger partial charge in [0.2, 0.25) is 0 Å². The summed E-state index contributed by atoms with van der Waals surface area (Å²) >= 11 is 0. The normalized spacial score (nSPS) is 14.6. The fourth-order valence-electron chi connectivity index (χ4n) is 3.31. The Morgan fingerprint density at radius 2 is 1.71 bits per heavy atom. The number of amides is 2. The van der Waals surface area contributed by atoms with Crippen LogP contribution in [0.15, 0.2) is 48.5 Å². The van der Waals surface area contributed by atoms with Crippen LogP contribution in [0.3, 0.4) is 0 Å². The summed E-state index contributed by atoms with van der Waals surface area (Å²) in [5.74, 6) is 0.738. The maximum absolute atomic E-state index is 12.6. The smallest absolute Gasteiger partial charge is 0.253 e. The van der Waals surface area contributed by atoms with Gasteiger partial charge in [0.15, 0.2) is 0 Å². The number of rotatable bonds is 6. The maximum atomic E-state index is 12.6. The van der Waals surface area contributed by atoms with E-state index in [0.717, 1.165) is 36.5 Å². The second-order valence-electron chi connectivity index (χ2n) is 6.99. The molecule has 6 nitrogen and oxygen atoms in total. The van der Waals surface area contributed by atoms with E-state index in [1.54, 1.807) is 31.4 Å². The molecule has 0 saturated carbocycles. The van der Waals surface area contributed by atoms with E-state index in [1.165, 1.54) is 0 Å². The molecule has 148 valence electrons. The van der Waals surface area contributed by atoms with E-state index in [1.807, 2.05) is 36.1 Å². The molecule has 1 fully saturated rings. The number of methoxy groups -OCH3 is 1. The lowest BCUT2D eigenvalue weighted by Gasteiger charge is -2.34. The number of hydrogen-bond donors (Lipinski definition) is 1. The maximum Gasteiger partial charge on any atom is 0.253 e. The largest absolute Gasteiger partial charge is 0.497 e. The number of nitrogens with one attached hydrogen (secondary N) is 1. The van der Waals surface area contributed by atoms with E-state index in [9.17, 15) is 9.59 Å². The van der Waals surface area contributed by atoms with Gasteiger partial charge >= 0.3 is 0 Å². The highest BCUT2D eigenvalue weighted by Gasteiger charge is 2.22. The summed E-state index contributed by atoms with van der Waals surface area (Å²) in [6, 6.07) is 14.8. The van der Waals surface area contributed by atoms with Crippen LogP contribution in [0, 0.1) is 6.92 Å². The molecule has 0 unspecified atom stereocenters. The highest BCUT2D eigenvalue weighted by Crippen LogP contribution is 2.12. The zero-order chi connectivity index (χ0) is 19.9. The Bertz CT molecular complexity index is 812. The quantitative estimate of drug-likeness (QED) is 0.833. The molecule has 1 heterocycles. The Morgan fingerprint density at radius 1 is 1.00 bits per heavy atom. The van der Waals surface area contributed by atoms with Crippen LogP contribution in [0.5, 0.6) is 5.75 Å². The van der Waals surface area contributed by atoms with Crippen molar-refractivity contribution in [2.75, 3.05) is 46.4 Å². The van der Waals surface area contributed by atoms with Gasteiger partial charge < -0.3 is 15.0 Å². The number of ether oxygens (including phenoxy) is 1. The Morgan fingerprint density at radius 3 is 2.36 bits per heavy atom. The first-order valence-electron chi connectivity index (χ1n) is 9.57. The lowest BCUT2D eigenvalue weighted by atomic mass is 10.1. The standard InChI is InChI=1S/C22H27N3O3/c1-17-4-3-5-19(16-17)22(27)25-14-12-24(13-15-25)11-10-23-21(26)18-6-8-20(28-2)9-7-18/h3-9,16H,10-15H2,1-2H3,(H,23,26). The number of carbonyl (C=O) groups excluding carboxylic acids is 2. The van der Waals surface area contributed by atoms with E-state index in [-0.39, 0.29) is 11.8 Å². The molecule has 2 amide bonds. The summed E-state index contributed by atoms with van der Waals surface area (Å²) in [5.41, 5.74) is 2.46. The van der Waals surface area contributed by atoms with Gasteiger partial charge in [0.25, 0.3) is 11.8 Å². The summed E-state index contributed by atoms with van der Waals surface area (Å²) in [6.45, 7) is 6.39. The molecule has 0 radical (unpaired) electrons. The van der Waals surface area contributed by atoms with Gasteiger partial charge in [-0.05, 0) is 43.3 Å². The summed E-state index contributed by atoms with van der Waals surface area (Å²) in [5, 5.41) is 2.95. The molecule has 6 heteroatoms. The minimum Gasteiger partial charge on any atom is -0.497 e. The first-order chi connectivity index (χ1) is 13.6. The molecule has 28 heavy (non-hydrogen) atoms. The van der Waals surface area contributed by atoms with Crippen LogP contribution in [-0.2, 0) is 0 Å². The molecular weight excluding hydrogens is 354 g/mol. The zero-order valence-corrected chi connectivity index (χ0v) is 16.5. The SMILES string of the molecule is COc1ccc(C(=O)NCCN2CCN(C(=O)c3cccc(C)c3)CC2)cc1. The van der Waals surface area contributed by atoms with Crippen molar-refractivity contribution < 1.29 is 14.3 Å². The molecule has 0 aromatic heterocycles. The number of benzene rings is 2. The van der Waals surface area contributed by atoms with Crippen LogP contribution in [0.25, 0.3) is 0 Å². The van der Waals surface area contributed by atoms with Crippen molar-refractivity contribution >= 4 is 11.8 Å². The average molecular weight is 381 g/mol. The van der Waals surface area contributed by atoms with E-state index in [4.69, 9.17) is 4.74 Å². The first-order valence-corrected chi connectivity index (χ1v) is 9.57. The third-order valence-electron chi connectivity index (χ3n) is 4.99. The predicted molar refractivity (Wildman–Crippen MR) is 109 cm³/mol. The van der Waals surface area contributed by atoms with Crippen molar-refractivity contribution in [2.45, 2.75) is 6.92 Å². The van der Waals surface area contributed by atoms with E-state index < -0.39 is 0 Å². The zero-order valence-electron chi connectivity index (χ0n) is 16.5. The summed E-state index contributed by atoms with van der Waals surface area (Å²) in [4.78, 5) is 29.0. The van der Waals surface area contributed by atoms with Gasteiger partial charge in [-0.25, -0.2) is 0 Å². The molecule has 0 atom stereocenters. The topological polar surface area (TPSA) is 61.9 Å². The van der Waals surface area contributed by atoms with Gasteiger partial charge in [0.1, 0.15) is 5.75 Å². The molecule has 1 N–H and O–H groups in total. The van der Waals surface area contributed by atoms with Gasteiger partial charge in [-0.3, -0.25) is 14.5 Å². The van der Waals surface area contributed by atoms with Crippen LogP contribution in [-0.4, -0.2) is 68.0 Å². The number of nitrogens with zero attached hydrogens (tertiary/aromatic N) is 2. The second kappa shape index (κ2) is 9.37. The van der Waals surface area contributed by atoms with Crippen molar-refractivity contribution in [2.24, 2.45) is 0 Å². The first kappa shape index (κ1) is 19.9. The molecule has 3 rings (SSSR count). The molecule has 1 aliphatic rings. The Labute approximate surface area is 166 Å². The van der Waals surface area contributed by atoms with E-state index in [0.29, 0.717) is 25.2 Å². The average Bonchev–Trinajstić information content (AvgIpc) is 2.73. The lowest BCUT2D eigenvalue weighted by Crippen LogP contribution is -2.50. The predicted octanol–water partition coefficient (Wildman–Crippen LogP) is 2.19. The molecule has 2 aromatic rings. The second-order valence-corrected chi connectivity index (χ2v) is 6.99. The van der Waals surface area contributed by atoms with Crippen molar-refractivity contribution in [1.29, 1.82) is 0 Å². The van der Waals surface area contributed by atoms with Crippen LogP contribution in [0.2, 0.25) is 0 Å². The van der Waals surface area contributed by atoms with E-state index in [2.05, 4.69) is 10.2 Å². The van der Waals surface area contributed by atoms with Crippen LogP contribution in [0.4, 0.5) is 0 Å². The molecule has 2 aromatic carbocycles. The molecule has 0 aliphatic carbocycles. The number of piperazine rings is 1. The Hall–Kier alpha value is -2.86. The fraction of sp³-hybridized carbons (Fsp3) is 0.364. The number of aryl methyl sites for hydroxylation is 1. The van der Waals surface area contributed by atoms with Gasteiger partial charge in [0, 0.05) is 50.4 Å². The summed E-state index contributed by atoms with van der Waals surface area (Å²) in [6.07, 6.45) is 0. The van der Waals surface area contributed by atoms with Crippen LogP contribution < -0.4 is 10.1 Å². The summed E-state index contributed by atoms with van der Waals surface area (Å²) < 4.78 is 5.10. The van der Waals surface area contributed by atoms with Crippen LogP contribution in [0.1, 0.15) is 26.3 Å². The van der Waals surface area contributed by atoms with Crippen molar-refractivity contribution in [3.8, 4) is 5.75 Å². The Balaban J connectivity index is 1.40. The molecule has 0 bridgehead atoms. The third-order valence-corrected chi connectivity index (χ3v) is 4.99. The minimum atomic E-state index is -0.0871. The Kier molecular flexibility index (Phi) is 6.66. The van der Waals surface area contributed by atoms with Gasteiger partial charge in [-0.1, -0.05) is 17.7 Å². The monoisotopic (exact) mass is 381 g/mol. The lowest BCUT2D eigenvalue weighted by molar-refractivity contribution is 0.0638. The van der Waals surface area contributed by atoms with E-state index >= 15 is 0 Å². The fourth-order valence-corrected chi connectivity index (χ4v) is 3.31. The molecule has 1 aliphatic heterocycles. The highest BCUT2D eigenvalue weighted by molar-refractivity contribution is 5.94. The van der Waals surface area contributed by atoms with Crippen molar-refractivity contribution in [1.82, 2.24) is 15.1 Å². The van der Waals surface area contributed by atoms with Crippen molar-refractivity contribution in [3.05, 3.63) is 65.2 Å². The van der Waals surface area contributed by atoms with Gasteiger partial charge in [-0.15, -0.1) is 0 Å². The minimum absolute atomic E-state index is 0.0871. The number of hydrogen-bond acceptors (Lipinski definition) is 4. The molecular formula is C22H27N3O3. The van der Waals surface area contributed by atoms with Crippen molar-refractivity contribution in [3.63, 3.8) is 0 Å². The highest BCUT2D eigenvalue weighted by atomic mass is 16.5. The third kappa shape index (κ3) is 5.10. The molecule has 1 saturated heterocycles. The molecule has 0 spiro atoms. The van der Waals surface area contributed by atoms with Gasteiger partial charge in [0.05, 0.1) is 7.11 Å². The number of carbonyl (C=O) groups is 2. The van der Waals surface area contributed by atoms with Crippen LogP contribution >= 0.6 is 0 Å². The summed E-state index contributed by atoms with van der Waals surface area (Å²) in [7, 11) is 1.60. The van der Waals surface area contributed by atoms with Gasteiger partial charge in [-0.2, -0.15) is 0 Å².